The van der Waals surface area contributed by atoms with Gasteiger partial charge in [0, 0.05) is 11.4 Å². The van der Waals surface area contributed by atoms with Crippen LogP contribution in [0, 0.1) is 0 Å². The van der Waals surface area contributed by atoms with Gasteiger partial charge in [0.15, 0.2) is 0 Å². The van der Waals surface area contributed by atoms with E-state index in [0.29, 0.717) is 11.6 Å². The zero-order valence-electron chi connectivity index (χ0n) is 14.5. The summed E-state index contributed by atoms with van der Waals surface area (Å²) in [6.07, 6.45) is 0. The zero-order chi connectivity index (χ0) is 18.6. The first-order chi connectivity index (χ1) is 11.7. The molecule has 134 valence electrons. The molecule has 25 heavy (non-hydrogen) atoms. The van der Waals surface area contributed by atoms with Crippen LogP contribution in [0.1, 0.15) is 32.3 Å². The molecule has 0 spiro atoms. The van der Waals surface area contributed by atoms with E-state index in [1.165, 1.54) is 29.8 Å². The van der Waals surface area contributed by atoms with Crippen molar-refractivity contribution >= 4 is 27.3 Å². The van der Waals surface area contributed by atoms with E-state index in [4.69, 9.17) is 5.14 Å². The lowest BCUT2D eigenvalue weighted by atomic mass is 10.0. The van der Waals surface area contributed by atoms with E-state index in [9.17, 15) is 13.2 Å². The van der Waals surface area contributed by atoms with Gasteiger partial charge in [0.05, 0.1) is 4.90 Å². The molecule has 1 atom stereocenters. The molecule has 0 aliphatic heterocycles. The number of rotatable bonds is 6. The fourth-order valence-electron chi connectivity index (χ4n) is 2.28. The number of hydrogen-bond acceptors (Lipinski definition) is 4. The van der Waals surface area contributed by atoms with Gasteiger partial charge >= 0.3 is 0 Å². The molecular formula is C18H23N3O3S. The minimum Gasteiger partial charge on any atom is -0.374 e. The number of primary sulfonamides is 1. The van der Waals surface area contributed by atoms with Crippen molar-refractivity contribution in [2.75, 3.05) is 10.6 Å². The number of anilines is 2. The Bertz CT molecular complexity index is 846. The van der Waals surface area contributed by atoms with Crippen molar-refractivity contribution in [2.45, 2.75) is 37.6 Å². The van der Waals surface area contributed by atoms with E-state index < -0.39 is 16.1 Å². The molecular weight excluding hydrogens is 338 g/mol. The van der Waals surface area contributed by atoms with Crippen LogP contribution in [0.3, 0.4) is 0 Å². The zero-order valence-corrected chi connectivity index (χ0v) is 15.3. The van der Waals surface area contributed by atoms with E-state index in [1.54, 1.807) is 6.92 Å². The molecule has 2 rings (SSSR count). The highest BCUT2D eigenvalue weighted by Gasteiger charge is 2.14. The number of hydrogen-bond donors (Lipinski definition) is 3. The molecule has 0 aromatic heterocycles. The Balaban J connectivity index is 2.02. The maximum absolute atomic E-state index is 12.3. The molecule has 0 radical (unpaired) electrons. The Morgan fingerprint density at radius 2 is 1.64 bits per heavy atom. The maximum Gasteiger partial charge on any atom is 0.246 e. The molecule has 0 saturated heterocycles. The SMILES string of the molecule is CC(C)c1cccc(N[C@H](C)C(=O)Nc2ccc(S(N)(=O)=O)cc2)c1. The van der Waals surface area contributed by atoms with Gasteiger partial charge in [-0.25, -0.2) is 13.6 Å². The number of nitrogens with two attached hydrogens (primary N) is 1. The van der Waals surface area contributed by atoms with Gasteiger partial charge in [0.1, 0.15) is 6.04 Å². The van der Waals surface area contributed by atoms with Crippen LogP contribution in [-0.4, -0.2) is 20.4 Å². The van der Waals surface area contributed by atoms with Gasteiger partial charge in [-0.05, 0) is 54.8 Å². The van der Waals surface area contributed by atoms with Crippen LogP contribution in [0.4, 0.5) is 11.4 Å². The molecule has 0 aliphatic carbocycles. The molecule has 0 aliphatic rings. The van der Waals surface area contributed by atoms with E-state index >= 15 is 0 Å². The van der Waals surface area contributed by atoms with E-state index in [0.717, 1.165) is 5.69 Å². The van der Waals surface area contributed by atoms with Crippen molar-refractivity contribution in [3.8, 4) is 0 Å². The molecule has 2 aromatic carbocycles. The van der Waals surface area contributed by atoms with Crippen LogP contribution >= 0.6 is 0 Å². The Kier molecular flexibility index (Phi) is 5.81. The first kappa shape index (κ1) is 19.0. The van der Waals surface area contributed by atoms with Gasteiger partial charge in [-0.15, -0.1) is 0 Å². The maximum atomic E-state index is 12.3. The summed E-state index contributed by atoms with van der Waals surface area (Å²) in [6.45, 7) is 5.98. The monoisotopic (exact) mass is 361 g/mol. The van der Waals surface area contributed by atoms with Crippen LogP contribution in [0.15, 0.2) is 53.4 Å². The standard InChI is InChI=1S/C18H23N3O3S/c1-12(2)14-5-4-6-16(11-14)20-13(3)18(22)21-15-7-9-17(10-8-15)25(19,23)24/h4-13,20H,1-3H3,(H,21,22)(H2,19,23,24)/t13-/m1/s1. The smallest absolute Gasteiger partial charge is 0.246 e. The Hall–Kier alpha value is -2.38. The predicted octanol–water partition coefficient (Wildman–Crippen LogP) is 2.90. The van der Waals surface area contributed by atoms with Crippen molar-refractivity contribution in [3.63, 3.8) is 0 Å². The highest BCUT2D eigenvalue weighted by atomic mass is 32.2. The first-order valence-electron chi connectivity index (χ1n) is 7.97. The summed E-state index contributed by atoms with van der Waals surface area (Å²) in [6, 6.07) is 13.2. The van der Waals surface area contributed by atoms with Crippen molar-refractivity contribution in [3.05, 3.63) is 54.1 Å². The number of sulfonamides is 1. The molecule has 0 saturated carbocycles. The third-order valence-corrected chi connectivity index (χ3v) is 4.71. The molecule has 0 unspecified atom stereocenters. The average Bonchev–Trinajstić information content (AvgIpc) is 2.54. The van der Waals surface area contributed by atoms with Crippen LogP contribution < -0.4 is 15.8 Å². The van der Waals surface area contributed by atoms with Crippen LogP contribution in [-0.2, 0) is 14.8 Å². The lowest BCUT2D eigenvalue weighted by Gasteiger charge is -2.16. The van der Waals surface area contributed by atoms with Gasteiger partial charge in [-0.2, -0.15) is 0 Å². The Labute approximate surface area is 148 Å². The second kappa shape index (κ2) is 7.67. The third kappa shape index (κ3) is 5.30. The summed E-state index contributed by atoms with van der Waals surface area (Å²) >= 11 is 0. The lowest BCUT2D eigenvalue weighted by molar-refractivity contribution is -0.116. The minimum atomic E-state index is -3.74. The topological polar surface area (TPSA) is 101 Å². The summed E-state index contributed by atoms with van der Waals surface area (Å²) in [7, 11) is -3.74. The summed E-state index contributed by atoms with van der Waals surface area (Å²) in [5.74, 6) is 0.182. The highest BCUT2D eigenvalue weighted by Crippen LogP contribution is 2.19. The van der Waals surface area contributed by atoms with Gasteiger partial charge in [-0.3, -0.25) is 4.79 Å². The summed E-state index contributed by atoms with van der Waals surface area (Å²) < 4.78 is 22.5. The Morgan fingerprint density at radius 1 is 1.00 bits per heavy atom. The quantitative estimate of drug-likeness (QED) is 0.736. The molecule has 6 nitrogen and oxygen atoms in total. The Morgan fingerprint density at radius 3 is 2.20 bits per heavy atom. The number of nitrogens with one attached hydrogen (secondary N) is 2. The van der Waals surface area contributed by atoms with Crippen molar-refractivity contribution in [1.29, 1.82) is 0 Å². The predicted molar refractivity (Wildman–Crippen MR) is 100 cm³/mol. The van der Waals surface area contributed by atoms with Gasteiger partial charge in [0.25, 0.3) is 0 Å². The number of benzene rings is 2. The average molecular weight is 361 g/mol. The molecule has 0 fully saturated rings. The van der Waals surface area contributed by atoms with Crippen LogP contribution in [0.25, 0.3) is 0 Å². The van der Waals surface area contributed by atoms with E-state index in [-0.39, 0.29) is 10.8 Å². The fraction of sp³-hybridized carbons (Fsp3) is 0.278. The first-order valence-corrected chi connectivity index (χ1v) is 9.51. The van der Waals surface area contributed by atoms with Crippen LogP contribution in [0.5, 0.6) is 0 Å². The number of carbonyl (C=O) groups excluding carboxylic acids is 1. The summed E-state index contributed by atoms with van der Waals surface area (Å²) in [4.78, 5) is 12.3. The number of amides is 1. The minimum absolute atomic E-state index is 0.00201. The second-order valence-corrected chi connectivity index (χ2v) is 7.77. The van der Waals surface area contributed by atoms with E-state index in [2.05, 4.69) is 24.5 Å². The largest absolute Gasteiger partial charge is 0.374 e. The summed E-state index contributed by atoms with van der Waals surface area (Å²) in [5, 5.41) is 11.0. The summed E-state index contributed by atoms with van der Waals surface area (Å²) in [5.41, 5.74) is 2.57. The lowest BCUT2D eigenvalue weighted by Crippen LogP contribution is -2.31. The van der Waals surface area contributed by atoms with Crippen molar-refractivity contribution in [2.24, 2.45) is 5.14 Å². The molecule has 2 aromatic rings. The molecule has 4 N–H and O–H groups in total. The van der Waals surface area contributed by atoms with Gasteiger partial charge in [0.2, 0.25) is 15.9 Å². The molecule has 1 amide bonds. The normalized spacial score (nSPS) is 12.7. The number of carbonyl (C=O) groups is 1. The second-order valence-electron chi connectivity index (χ2n) is 6.20. The van der Waals surface area contributed by atoms with E-state index in [1.807, 2.05) is 24.3 Å². The van der Waals surface area contributed by atoms with Crippen molar-refractivity contribution in [1.82, 2.24) is 0 Å². The highest BCUT2D eigenvalue weighted by molar-refractivity contribution is 7.89. The molecule has 7 heteroatoms. The fourth-order valence-corrected chi connectivity index (χ4v) is 2.80. The molecule has 0 bridgehead atoms. The molecule has 0 heterocycles. The van der Waals surface area contributed by atoms with Gasteiger partial charge < -0.3 is 10.6 Å². The van der Waals surface area contributed by atoms with Gasteiger partial charge in [-0.1, -0.05) is 26.0 Å². The van der Waals surface area contributed by atoms with Crippen LogP contribution in [0.2, 0.25) is 0 Å². The van der Waals surface area contributed by atoms with Crippen molar-refractivity contribution < 1.29 is 13.2 Å². The third-order valence-electron chi connectivity index (χ3n) is 3.78.